The van der Waals surface area contributed by atoms with Crippen LogP contribution >= 0.6 is 12.2 Å². The zero-order chi connectivity index (χ0) is 11.3. The molecular weight excluding hydrogens is 206 g/mol. The highest BCUT2D eigenvalue weighted by molar-refractivity contribution is 7.80. The van der Waals surface area contributed by atoms with E-state index in [0.29, 0.717) is 5.41 Å². The summed E-state index contributed by atoms with van der Waals surface area (Å²) in [4.78, 5) is 0. The highest BCUT2D eigenvalue weighted by Crippen LogP contribution is 2.63. The summed E-state index contributed by atoms with van der Waals surface area (Å²) in [6.07, 6.45) is 3.66. The minimum absolute atomic E-state index is 0.232. The van der Waals surface area contributed by atoms with Gasteiger partial charge in [0.05, 0.1) is 0 Å². The third-order valence-electron chi connectivity index (χ3n) is 4.81. The van der Waals surface area contributed by atoms with Crippen LogP contribution in [0.4, 0.5) is 0 Å². The molecule has 2 rings (SSSR count). The van der Waals surface area contributed by atoms with Gasteiger partial charge < -0.3 is 5.73 Å². The number of hydrazone groups is 1. The molecule has 0 saturated heterocycles. The quantitative estimate of drug-likeness (QED) is 0.530. The predicted molar refractivity (Wildman–Crippen MR) is 66.6 cm³/mol. The first kappa shape index (κ1) is 10.9. The van der Waals surface area contributed by atoms with Gasteiger partial charge in [0.25, 0.3) is 0 Å². The lowest BCUT2D eigenvalue weighted by Gasteiger charge is -2.34. The van der Waals surface area contributed by atoms with Crippen molar-refractivity contribution in [3.05, 3.63) is 0 Å². The Morgan fingerprint density at radius 2 is 2.20 bits per heavy atom. The van der Waals surface area contributed by atoms with Crippen LogP contribution in [0.5, 0.6) is 0 Å². The van der Waals surface area contributed by atoms with Gasteiger partial charge in [-0.15, -0.1) is 0 Å². The largest absolute Gasteiger partial charge is 0.375 e. The molecule has 2 atom stereocenters. The molecule has 4 heteroatoms. The van der Waals surface area contributed by atoms with Crippen LogP contribution in [0, 0.1) is 16.7 Å². The van der Waals surface area contributed by atoms with Crippen LogP contribution in [0.25, 0.3) is 0 Å². The van der Waals surface area contributed by atoms with E-state index in [1.807, 2.05) is 0 Å². The van der Waals surface area contributed by atoms with E-state index in [1.165, 1.54) is 18.6 Å². The molecule has 2 aliphatic rings. The number of nitrogens with two attached hydrogens (primary N) is 1. The first-order valence-corrected chi connectivity index (χ1v) is 5.91. The third kappa shape index (κ3) is 1.38. The van der Waals surface area contributed by atoms with Gasteiger partial charge in [-0.1, -0.05) is 20.8 Å². The second-order valence-electron chi connectivity index (χ2n) is 5.53. The molecule has 0 unspecified atom stereocenters. The Bertz CT molecular complexity index is 335. The summed E-state index contributed by atoms with van der Waals surface area (Å²) in [5, 5.41) is 4.63. The SMILES string of the molecule is CC1(C)[C@H]2CC[C@]1(C)C(=NNC(N)=S)C2. The molecule has 0 aromatic heterocycles. The molecule has 2 fully saturated rings. The second kappa shape index (κ2) is 3.17. The average Bonchev–Trinajstić information content (AvgIpc) is 2.46. The molecule has 3 N–H and O–H groups in total. The lowest BCUT2D eigenvalue weighted by molar-refractivity contribution is 0.193. The number of thiocarbonyl (C=S) groups is 1. The zero-order valence-corrected chi connectivity index (χ0v) is 10.4. The fourth-order valence-corrected chi connectivity index (χ4v) is 3.27. The van der Waals surface area contributed by atoms with Crippen LogP contribution in [-0.4, -0.2) is 10.8 Å². The summed E-state index contributed by atoms with van der Waals surface area (Å²) in [6, 6.07) is 0. The lowest BCUT2D eigenvalue weighted by Crippen LogP contribution is -2.35. The van der Waals surface area contributed by atoms with Crippen molar-refractivity contribution in [2.75, 3.05) is 0 Å². The molecule has 3 nitrogen and oxygen atoms in total. The van der Waals surface area contributed by atoms with E-state index in [2.05, 4.69) is 31.3 Å². The van der Waals surface area contributed by atoms with Gasteiger partial charge >= 0.3 is 0 Å². The van der Waals surface area contributed by atoms with E-state index in [4.69, 9.17) is 18.0 Å². The van der Waals surface area contributed by atoms with E-state index in [0.717, 1.165) is 12.3 Å². The first-order valence-electron chi connectivity index (χ1n) is 5.50. The van der Waals surface area contributed by atoms with Gasteiger partial charge in [0, 0.05) is 11.1 Å². The minimum Gasteiger partial charge on any atom is -0.375 e. The Morgan fingerprint density at radius 3 is 2.60 bits per heavy atom. The predicted octanol–water partition coefficient (Wildman–Crippen LogP) is 2.02. The molecule has 0 spiro atoms. The smallest absolute Gasteiger partial charge is 0.184 e. The van der Waals surface area contributed by atoms with Crippen LogP contribution in [0.15, 0.2) is 5.10 Å². The van der Waals surface area contributed by atoms with Crippen LogP contribution in [-0.2, 0) is 0 Å². The van der Waals surface area contributed by atoms with Gasteiger partial charge in [-0.05, 0) is 42.8 Å². The Labute approximate surface area is 96.5 Å². The second-order valence-corrected chi connectivity index (χ2v) is 5.97. The molecule has 84 valence electrons. The topological polar surface area (TPSA) is 50.4 Å². The van der Waals surface area contributed by atoms with Gasteiger partial charge in [-0.25, -0.2) is 0 Å². The number of rotatable bonds is 1. The van der Waals surface area contributed by atoms with Crippen LogP contribution < -0.4 is 11.2 Å². The molecule has 0 radical (unpaired) electrons. The monoisotopic (exact) mass is 225 g/mol. The number of fused-ring (bicyclic) bond motifs is 2. The van der Waals surface area contributed by atoms with E-state index in [9.17, 15) is 0 Å². The summed E-state index contributed by atoms with van der Waals surface area (Å²) < 4.78 is 0. The maximum absolute atomic E-state index is 5.39. The summed E-state index contributed by atoms with van der Waals surface area (Å²) in [6.45, 7) is 7.03. The van der Waals surface area contributed by atoms with Crippen molar-refractivity contribution in [3.8, 4) is 0 Å². The van der Waals surface area contributed by atoms with Crippen molar-refractivity contribution in [3.63, 3.8) is 0 Å². The van der Waals surface area contributed by atoms with E-state index in [-0.39, 0.29) is 10.5 Å². The maximum Gasteiger partial charge on any atom is 0.184 e. The number of nitrogens with one attached hydrogen (secondary N) is 1. The van der Waals surface area contributed by atoms with Crippen molar-refractivity contribution in [1.29, 1.82) is 0 Å². The fourth-order valence-electron chi connectivity index (χ4n) is 3.22. The Kier molecular flexibility index (Phi) is 2.30. The molecule has 15 heavy (non-hydrogen) atoms. The molecule has 0 aromatic carbocycles. The Hall–Kier alpha value is -0.640. The zero-order valence-electron chi connectivity index (χ0n) is 9.63. The van der Waals surface area contributed by atoms with E-state index in [1.54, 1.807) is 0 Å². The highest BCUT2D eigenvalue weighted by Gasteiger charge is 2.59. The number of hydrogen-bond acceptors (Lipinski definition) is 2. The molecule has 2 aliphatic carbocycles. The fraction of sp³-hybridized carbons (Fsp3) is 0.818. The molecule has 0 amide bonds. The van der Waals surface area contributed by atoms with Gasteiger partial charge in [0.15, 0.2) is 5.11 Å². The minimum atomic E-state index is 0.232. The van der Waals surface area contributed by atoms with Gasteiger partial charge in [0.2, 0.25) is 0 Å². The number of hydrogen-bond donors (Lipinski definition) is 2. The Balaban J connectivity index is 2.26. The van der Waals surface area contributed by atoms with Gasteiger partial charge in [0.1, 0.15) is 0 Å². The lowest BCUT2D eigenvalue weighted by atomic mass is 9.70. The van der Waals surface area contributed by atoms with E-state index < -0.39 is 0 Å². The normalized spacial score (nSPS) is 39.7. The van der Waals surface area contributed by atoms with Crippen LogP contribution in [0.1, 0.15) is 40.0 Å². The Morgan fingerprint density at radius 1 is 1.53 bits per heavy atom. The standard InChI is InChI=1S/C11H19N3S/c1-10(2)7-4-5-11(10,3)8(6-7)13-14-9(12)15/h7H,4-6H2,1-3H3,(H3,12,14,15)/t7-,11+/m0/s1. The van der Waals surface area contributed by atoms with Crippen molar-refractivity contribution in [2.45, 2.75) is 40.0 Å². The molecule has 2 saturated carbocycles. The van der Waals surface area contributed by atoms with Crippen LogP contribution in [0.2, 0.25) is 0 Å². The summed E-state index contributed by atoms with van der Waals surface area (Å²) in [7, 11) is 0. The van der Waals surface area contributed by atoms with Crippen molar-refractivity contribution in [2.24, 2.45) is 27.6 Å². The molecule has 2 bridgehead atoms. The highest BCUT2D eigenvalue weighted by atomic mass is 32.1. The number of nitrogens with zero attached hydrogens (tertiary/aromatic N) is 1. The van der Waals surface area contributed by atoms with E-state index >= 15 is 0 Å². The third-order valence-corrected chi connectivity index (χ3v) is 4.90. The molecule has 0 aromatic rings. The first-order chi connectivity index (χ1) is 6.88. The van der Waals surface area contributed by atoms with Crippen LogP contribution in [0.3, 0.4) is 0 Å². The molecule has 0 heterocycles. The summed E-state index contributed by atoms with van der Waals surface area (Å²) in [5.74, 6) is 0.773. The van der Waals surface area contributed by atoms with Gasteiger partial charge in [-0.3, -0.25) is 5.43 Å². The summed E-state index contributed by atoms with van der Waals surface area (Å²) in [5.41, 5.74) is 9.97. The van der Waals surface area contributed by atoms with Crippen molar-refractivity contribution >= 4 is 23.0 Å². The van der Waals surface area contributed by atoms with Crippen molar-refractivity contribution in [1.82, 2.24) is 5.43 Å². The summed E-state index contributed by atoms with van der Waals surface area (Å²) >= 11 is 4.77. The molecular formula is C11H19N3S. The average molecular weight is 225 g/mol. The maximum atomic E-state index is 5.39. The molecule has 0 aliphatic heterocycles. The van der Waals surface area contributed by atoms with Crippen molar-refractivity contribution < 1.29 is 0 Å². The van der Waals surface area contributed by atoms with Gasteiger partial charge in [-0.2, -0.15) is 5.10 Å².